The zero-order chi connectivity index (χ0) is 14.7. The fourth-order valence-corrected chi connectivity index (χ4v) is 3.06. The molecule has 1 saturated carbocycles. The minimum absolute atomic E-state index is 0.107. The first kappa shape index (κ1) is 15.0. The van der Waals surface area contributed by atoms with Crippen LogP contribution in [0, 0.1) is 6.92 Å². The molecule has 1 aromatic rings. The molecule has 0 aromatic carbocycles. The smallest absolute Gasteiger partial charge is 0.272 e. The molecule has 0 unspecified atom stereocenters. The number of hydrogen-bond donors (Lipinski definition) is 1. The molecule has 0 radical (unpaired) electrons. The van der Waals surface area contributed by atoms with Gasteiger partial charge < -0.3 is 10.6 Å². The largest absolute Gasteiger partial charge is 0.334 e. The van der Waals surface area contributed by atoms with Gasteiger partial charge in [0.05, 0.1) is 5.69 Å². The molecule has 1 amide bonds. The highest BCUT2D eigenvalue weighted by atomic mass is 16.2. The van der Waals surface area contributed by atoms with Gasteiger partial charge in [0.15, 0.2) is 0 Å². The van der Waals surface area contributed by atoms with Gasteiger partial charge in [0.2, 0.25) is 0 Å². The van der Waals surface area contributed by atoms with Gasteiger partial charge in [-0.2, -0.15) is 5.10 Å². The van der Waals surface area contributed by atoms with Gasteiger partial charge in [0, 0.05) is 25.7 Å². The third-order valence-electron chi connectivity index (χ3n) is 4.13. The summed E-state index contributed by atoms with van der Waals surface area (Å²) in [5.74, 6) is 0.107. The Bertz CT molecular complexity index is 460. The second-order valence-corrected chi connectivity index (χ2v) is 5.86. The van der Waals surface area contributed by atoms with Gasteiger partial charge >= 0.3 is 0 Å². The Morgan fingerprint density at radius 2 is 2.10 bits per heavy atom. The number of aromatic nitrogens is 2. The molecule has 1 aliphatic carbocycles. The van der Waals surface area contributed by atoms with E-state index in [4.69, 9.17) is 5.73 Å². The Labute approximate surface area is 121 Å². The average molecular weight is 278 g/mol. The van der Waals surface area contributed by atoms with Gasteiger partial charge in [-0.15, -0.1) is 0 Å². The number of hydrogen-bond acceptors (Lipinski definition) is 3. The van der Waals surface area contributed by atoms with Crippen molar-refractivity contribution in [3.05, 3.63) is 17.5 Å². The summed E-state index contributed by atoms with van der Waals surface area (Å²) in [5.41, 5.74) is 7.54. The number of nitrogens with zero attached hydrogens (tertiary/aromatic N) is 3. The molecule has 5 nitrogen and oxygen atoms in total. The molecule has 112 valence electrons. The molecule has 1 fully saturated rings. The lowest BCUT2D eigenvalue weighted by atomic mass is 9.90. The molecule has 0 bridgehead atoms. The number of nitrogens with two attached hydrogens (primary N) is 1. The highest BCUT2D eigenvalue weighted by Crippen LogP contribution is 2.24. The molecule has 2 rings (SSSR count). The Morgan fingerprint density at radius 1 is 1.45 bits per heavy atom. The quantitative estimate of drug-likeness (QED) is 0.914. The molecule has 1 heterocycles. The van der Waals surface area contributed by atoms with Crippen LogP contribution >= 0.6 is 0 Å². The maximum atomic E-state index is 12.8. The predicted octanol–water partition coefficient (Wildman–Crippen LogP) is 1.85. The van der Waals surface area contributed by atoms with Crippen LogP contribution in [0.1, 0.15) is 55.2 Å². The van der Waals surface area contributed by atoms with E-state index in [-0.39, 0.29) is 5.91 Å². The van der Waals surface area contributed by atoms with Crippen LogP contribution in [-0.2, 0) is 7.05 Å². The van der Waals surface area contributed by atoms with E-state index in [0.717, 1.165) is 44.3 Å². The van der Waals surface area contributed by atoms with Gasteiger partial charge in [-0.1, -0.05) is 6.92 Å². The lowest BCUT2D eigenvalue weighted by Gasteiger charge is -2.36. The van der Waals surface area contributed by atoms with E-state index in [2.05, 4.69) is 12.0 Å². The zero-order valence-corrected chi connectivity index (χ0v) is 12.8. The predicted molar refractivity (Wildman–Crippen MR) is 79.5 cm³/mol. The van der Waals surface area contributed by atoms with Crippen LogP contribution in [0.2, 0.25) is 0 Å². The first-order valence-electron chi connectivity index (χ1n) is 7.60. The molecule has 2 N–H and O–H groups in total. The fourth-order valence-electron chi connectivity index (χ4n) is 3.06. The SMILES string of the molecule is CCCN(C(=O)c1cc(C)nn1C)C1CCC(N)CC1. The van der Waals surface area contributed by atoms with Gasteiger partial charge in [0.1, 0.15) is 5.69 Å². The number of carbonyl (C=O) groups excluding carboxylic acids is 1. The van der Waals surface area contributed by atoms with E-state index in [9.17, 15) is 4.79 Å². The Morgan fingerprint density at radius 3 is 2.60 bits per heavy atom. The van der Waals surface area contributed by atoms with Crippen molar-refractivity contribution >= 4 is 5.91 Å². The number of rotatable bonds is 4. The van der Waals surface area contributed by atoms with E-state index in [0.29, 0.717) is 17.8 Å². The van der Waals surface area contributed by atoms with Gasteiger partial charge in [-0.25, -0.2) is 0 Å². The summed E-state index contributed by atoms with van der Waals surface area (Å²) >= 11 is 0. The van der Waals surface area contributed by atoms with Crippen molar-refractivity contribution in [2.75, 3.05) is 6.54 Å². The molecule has 0 atom stereocenters. The second kappa shape index (κ2) is 6.39. The highest BCUT2D eigenvalue weighted by molar-refractivity contribution is 5.93. The van der Waals surface area contributed by atoms with E-state index in [1.54, 1.807) is 4.68 Å². The van der Waals surface area contributed by atoms with Crippen molar-refractivity contribution < 1.29 is 4.79 Å². The monoisotopic (exact) mass is 278 g/mol. The molecular weight excluding hydrogens is 252 g/mol. The molecular formula is C15H26N4O. The molecule has 5 heteroatoms. The molecule has 0 spiro atoms. The fraction of sp³-hybridized carbons (Fsp3) is 0.733. The second-order valence-electron chi connectivity index (χ2n) is 5.86. The summed E-state index contributed by atoms with van der Waals surface area (Å²) in [5, 5.41) is 4.28. The first-order valence-corrected chi connectivity index (χ1v) is 7.60. The summed E-state index contributed by atoms with van der Waals surface area (Å²) in [6.45, 7) is 4.84. The van der Waals surface area contributed by atoms with Gasteiger partial charge in [-0.3, -0.25) is 9.48 Å². The standard InChI is InChI=1S/C15H26N4O/c1-4-9-19(13-7-5-12(16)6-8-13)15(20)14-10-11(2)17-18(14)3/h10,12-13H,4-9,16H2,1-3H3. The summed E-state index contributed by atoms with van der Waals surface area (Å²) in [4.78, 5) is 14.8. The topological polar surface area (TPSA) is 64.2 Å². The van der Waals surface area contributed by atoms with Crippen LogP contribution in [0.25, 0.3) is 0 Å². The maximum Gasteiger partial charge on any atom is 0.272 e. The van der Waals surface area contributed by atoms with E-state index < -0.39 is 0 Å². The van der Waals surface area contributed by atoms with Crippen LogP contribution < -0.4 is 5.73 Å². The van der Waals surface area contributed by atoms with E-state index >= 15 is 0 Å². The molecule has 1 aromatic heterocycles. The molecule has 20 heavy (non-hydrogen) atoms. The van der Waals surface area contributed by atoms with Crippen LogP contribution in [0.3, 0.4) is 0 Å². The van der Waals surface area contributed by atoms with E-state index in [1.807, 2.05) is 24.9 Å². The summed E-state index contributed by atoms with van der Waals surface area (Å²) in [6, 6.07) is 2.51. The minimum Gasteiger partial charge on any atom is -0.334 e. The van der Waals surface area contributed by atoms with Crippen molar-refractivity contribution in [3.63, 3.8) is 0 Å². The molecule has 1 aliphatic rings. The van der Waals surface area contributed by atoms with Crippen molar-refractivity contribution in [2.24, 2.45) is 12.8 Å². The van der Waals surface area contributed by atoms with Crippen LogP contribution in [0.5, 0.6) is 0 Å². The van der Waals surface area contributed by atoms with Crippen LogP contribution in [0.15, 0.2) is 6.07 Å². The summed E-state index contributed by atoms with van der Waals surface area (Å²) < 4.78 is 1.69. The zero-order valence-electron chi connectivity index (χ0n) is 12.8. The summed E-state index contributed by atoms with van der Waals surface area (Å²) in [7, 11) is 1.83. The Hall–Kier alpha value is -1.36. The van der Waals surface area contributed by atoms with Crippen LogP contribution in [-0.4, -0.2) is 39.2 Å². The molecule has 0 saturated heterocycles. The number of aryl methyl sites for hydroxylation is 2. The number of amides is 1. The van der Waals surface area contributed by atoms with Crippen molar-refractivity contribution in [3.8, 4) is 0 Å². The lowest BCUT2D eigenvalue weighted by Crippen LogP contribution is -2.45. The van der Waals surface area contributed by atoms with Crippen molar-refractivity contribution in [1.82, 2.24) is 14.7 Å². The average Bonchev–Trinajstić information content (AvgIpc) is 2.75. The third kappa shape index (κ3) is 3.20. The Balaban J connectivity index is 2.15. The van der Waals surface area contributed by atoms with Crippen LogP contribution in [0.4, 0.5) is 0 Å². The summed E-state index contributed by atoms with van der Waals surface area (Å²) in [6.07, 6.45) is 5.05. The highest BCUT2D eigenvalue weighted by Gasteiger charge is 2.29. The Kier molecular flexibility index (Phi) is 4.81. The van der Waals surface area contributed by atoms with Crippen molar-refractivity contribution in [1.29, 1.82) is 0 Å². The molecule has 0 aliphatic heterocycles. The van der Waals surface area contributed by atoms with Gasteiger partial charge in [-0.05, 0) is 45.1 Å². The maximum absolute atomic E-state index is 12.8. The first-order chi connectivity index (χ1) is 9.52. The minimum atomic E-state index is 0.107. The van der Waals surface area contributed by atoms with E-state index in [1.165, 1.54) is 0 Å². The van der Waals surface area contributed by atoms with Crippen molar-refractivity contribution in [2.45, 2.75) is 58.0 Å². The lowest BCUT2D eigenvalue weighted by molar-refractivity contribution is 0.0615. The number of carbonyl (C=O) groups is 1. The normalized spacial score (nSPS) is 22.8. The van der Waals surface area contributed by atoms with Gasteiger partial charge in [0.25, 0.3) is 5.91 Å². The third-order valence-corrected chi connectivity index (χ3v) is 4.13.